The Morgan fingerprint density at radius 2 is 1.48 bits per heavy atom. The molecule has 0 saturated carbocycles. The lowest BCUT2D eigenvalue weighted by Crippen LogP contribution is -2.24. The second kappa shape index (κ2) is 6.44. The van der Waals surface area contributed by atoms with Crippen LogP contribution in [0.2, 0.25) is 0 Å². The molecular weight excluding hydrogens is 264 g/mol. The van der Waals surface area contributed by atoms with Gasteiger partial charge in [-0.25, -0.2) is 0 Å². The summed E-state index contributed by atoms with van der Waals surface area (Å²) in [6.45, 7) is 5.59. The van der Waals surface area contributed by atoms with E-state index in [2.05, 4.69) is 0 Å². The van der Waals surface area contributed by atoms with Gasteiger partial charge in [-0.1, -0.05) is 30.3 Å². The van der Waals surface area contributed by atoms with Crippen LogP contribution in [-0.4, -0.2) is 11.6 Å². The first-order chi connectivity index (χ1) is 9.92. The molecule has 0 unspecified atom stereocenters. The molecule has 2 aromatic carbocycles. The predicted molar refractivity (Wildman–Crippen MR) is 82.5 cm³/mol. The maximum absolute atomic E-state index is 11.8. The zero-order valence-electron chi connectivity index (χ0n) is 12.6. The number of esters is 1. The molecule has 0 fully saturated rings. The van der Waals surface area contributed by atoms with Crippen LogP contribution < -0.4 is 4.74 Å². The summed E-state index contributed by atoms with van der Waals surface area (Å²) < 4.78 is 11.0. The summed E-state index contributed by atoms with van der Waals surface area (Å²) in [4.78, 5) is 11.8. The number of rotatable bonds is 4. The lowest BCUT2D eigenvalue weighted by molar-refractivity contribution is -0.153. The van der Waals surface area contributed by atoms with Gasteiger partial charge in [0.05, 0.1) is 6.42 Å². The summed E-state index contributed by atoms with van der Waals surface area (Å²) in [6, 6.07) is 17.0. The second-order valence-electron chi connectivity index (χ2n) is 5.82. The summed E-state index contributed by atoms with van der Waals surface area (Å²) in [5, 5.41) is 0. The van der Waals surface area contributed by atoms with Crippen molar-refractivity contribution < 1.29 is 14.3 Å². The Labute approximate surface area is 125 Å². The first kappa shape index (κ1) is 15.1. The minimum atomic E-state index is -0.451. The van der Waals surface area contributed by atoms with E-state index >= 15 is 0 Å². The maximum atomic E-state index is 11.8. The van der Waals surface area contributed by atoms with Crippen molar-refractivity contribution in [1.29, 1.82) is 0 Å². The van der Waals surface area contributed by atoms with Crippen molar-refractivity contribution in [2.45, 2.75) is 32.8 Å². The summed E-state index contributed by atoms with van der Waals surface area (Å²) in [6.07, 6.45) is 0.267. The number of ether oxygens (including phenoxy) is 2. The van der Waals surface area contributed by atoms with Crippen molar-refractivity contribution in [3.63, 3.8) is 0 Å². The van der Waals surface area contributed by atoms with E-state index in [0.29, 0.717) is 0 Å². The van der Waals surface area contributed by atoms with E-state index in [-0.39, 0.29) is 12.4 Å². The first-order valence-electron chi connectivity index (χ1n) is 6.96. The highest BCUT2D eigenvalue weighted by Crippen LogP contribution is 2.21. The van der Waals surface area contributed by atoms with Crippen LogP contribution >= 0.6 is 0 Å². The normalized spacial score (nSPS) is 11.0. The fourth-order valence-corrected chi connectivity index (χ4v) is 1.84. The zero-order chi connectivity index (χ0) is 15.3. The smallest absolute Gasteiger partial charge is 0.310 e. The average Bonchev–Trinajstić information content (AvgIpc) is 2.40. The molecule has 2 rings (SSSR count). The molecule has 0 aliphatic carbocycles. The summed E-state index contributed by atoms with van der Waals surface area (Å²) in [5.41, 5.74) is 0.456. The molecule has 21 heavy (non-hydrogen) atoms. The molecule has 2 aromatic rings. The van der Waals surface area contributed by atoms with Gasteiger partial charge in [-0.3, -0.25) is 4.79 Å². The summed E-state index contributed by atoms with van der Waals surface area (Å²) >= 11 is 0. The topological polar surface area (TPSA) is 35.5 Å². The summed E-state index contributed by atoms with van der Waals surface area (Å²) in [5.74, 6) is 1.31. The Morgan fingerprint density at radius 1 is 0.905 bits per heavy atom. The van der Waals surface area contributed by atoms with Crippen LogP contribution in [0.15, 0.2) is 54.6 Å². The molecule has 3 heteroatoms. The van der Waals surface area contributed by atoms with Crippen LogP contribution in [0.4, 0.5) is 0 Å². The summed E-state index contributed by atoms with van der Waals surface area (Å²) in [7, 11) is 0. The van der Waals surface area contributed by atoms with Crippen molar-refractivity contribution in [3.05, 3.63) is 60.2 Å². The van der Waals surface area contributed by atoms with Crippen molar-refractivity contribution in [1.82, 2.24) is 0 Å². The van der Waals surface area contributed by atoms with E-state index in [1.165, 1.54) is 0 Å². The van der Waals surface area contributed by atoms with E-state index in [9.17, 15) is 4.79 Å². The van der Waals surface area contributed by atoms with Gasteiger partial charge in [0, 0.05) is 0 Å². The molecule has 0 atom stereocenters. The van der Waals surface area contributed by atoms with Crippen molar-refractivity contribution in [3.8, 4) is 11.5 Å². The highest BCUT2D eigenvalue weighted by atomic mass is 16.6. The Morgan fingerprint density at radius 3 is 2.05 bits per heavy atom. The molecule has 0 radical (unpaired) electrons. The number of para-hydroxylation sites is 1. The van der Waals surface area contributed by atoms with E-state index in [4.69, 9.17) is 9.47 Å². The van der Waals surface area contributed by atoms with Crippen LogP contribution in [0.1, 0.15) is 26.3 Å². The fraction of sp³-hybridized carbons (Fsp3) is 0.278. The monoisotopic (exact) mass is 284 g/mol. The van der Waals surface area contributed by atoms with Gasteiger partial charge in [0.2, 0.25) is 0 Å². The van der Waals surface area contributed by atoms with E-state index in [1.54, 1.807) is 0 Å². The first-order valence-corrected chi connectivity index (χ1v) is 6.96. The Kier molecular flexibility index (Phi) is 4.63. The van der Waals surface area contributed by atoms with Gasteiger partial charge in [0.25, 0.3) is 0 Å². The van der Waals surface area contributed by atoms with E-state index in [1.807, 2.05) is 75.4 Å². The van der Waals surface area contributed by atoms with Crippen LogP contribution in [0.3, 0.4) is 0 Å². The number of hydrogen-bond acceptors (Lipinski definition) is 3. The third kappa shape index (κ3) is 5.30. The lowest BCUT2D eigenvalue weighted by atomic mass is 10.1. The minimum absolute atomic E-state index is 0.223. The van der Waals surface area contributed by atoms with Crippen LogP contribution in [0.25, 0.3) is 0 Å². The third-order valence-corrected chi connectivity index (χ3v) is 2.67. The largest absolute Gasteiger partial charge is 0.460 e. The van der Waals surface area contributed by atoms with Gasteiger partial charge < -0.3 is 9.47 Å². The van der Waals surface area contributed by atoms with Crippen LogP contribution in [0, 0.1) is 0 Å². The molecular formula is C18H20O3. The molecule has 0 amide bonds. The standard InChI is InChI=1S/C18H20O3/c1-18(2,3)21-17(19)13-14-9-11-16(12-10-14)20-15-7-5-4-6-8-15/h4-12H,13H2,1-3H3. The highest BCUT2D eigenvalue weighted by molar-refractivity contribution is 5.73. The zero-order valence-corrected chi connectivity index (χ0v) is 12.6. The molecule has 0 spiro atoms. The number of benzene rings is 2. The fourth-order valence-electron chi connectivity index (χ4n) is 1.84. The lowest BCUT2D eigenvalue weighted by Gasteiger charge is -2.19. The quantitative estimate of drug-likeness (QED) is 0.782. The molecule has 0 N–H and O–H groups in total. The van der Waals surface area contributed by atoms with Gasteiger partial charge in [-0.2, -0.15) is 0 Å². The molecule has 0 aliphatic heterocycles. The molecule has 3 nitrogen and oxygen atoms in total. The molecule has 0 bridgehead atoms. The van der Waals surface area contributed by atoms with Crippen molar-refractivity contribution in [2.24, 2.45) is 0 Å². The second-order valence-corrected chi connectivity index (χ2v) is 5.82. The SMILES string of the molecule is CC(C)(C)OC(=O)Cc1ccc(Oc2ccccc2)cc1. The predicted octanol–water partition coefficient (Wildman–Crippen LogP) is 4.36. The van der Waals surface area contributed by atoms with Crippen molar-refractivity contribution in [2.75, 3.05) is 0 Å². The molecule has 0 heterocycles. The Balaban J connectivity index is 1.95. The van der Waals surface area contributed by atoms with Gasteiger partial charge >= 0.3 is 5.97 Å². The molecule has 0 aliphatic rings. The minimum Gasteiger partial charge on any atom is -0.460 e. The Hall–Kier alpha value is -2.29. The molecule has 0 saturated heterocycles. The van der Waals surface area contributed by atoms with Gasteiger partial charge in [-0.15, -0.1) is 0 Å². The van der Waals surface area contributed by atoms with Crippen LogP contribution in [-0.2, 0) is 16.0 Å². The molecule has 0 aromatic heterocycles. The van der Waals surface area contributed by atoms with Gasteiger partial charge in [-0.05, 0) is 50.6 Å². The van der Waals surface area contributed by atoms with E-state index < -0.39 is 5.60 Å². The molecule has 110 valence electrons. The van der Waals surface area contributed by atoms with Crippen LogP contribution in [0.5, 0.6) is 11.5 Å². The third-order valence-electron chi connectivity index (χ3n) is 2.67. The number of hydrogen-bond donors (Lipinski definition) is 0. The van der Waals surface area contributed by atoms with Gasteiger partial charge in [0.1, 0.15) is 17.1 Å². The van der Waals surface area contributed by atoms with E-state index in [0.717, 1.165) is 17.1 Å². The Bertz CT molecular complexity index is 580. The van der Waals surface area contributed by atoms with Gasteiger partial charge in [0.15, 0.2) is 0 Å². The van der Waals surface area contributed by atoms with Crippen molar-refractivity contribution >= 4 is 5.97 Å². The number of carbonyl (C=O) groups excluding carboxylic acids is 1. The maximum Gasteiger partial charge on any atom is 0.310 e. The highest BCUT2D eigenvalue weighted by Gasteiger charge is 2.16. The number of carbonyl (C=O) groups is 1. The average molecular weight is 284 g/mol.